The Morgan fingerprint density at radius 3 is 2.69 bits per heavy atom. The van der Waals surface area contributed by atoms with Gasteiger partial charge in [-0.05, 0) is 37.6 Å². The van der Waals surface area contributed by atoms with Gasteiger partial charge in [-0.2, -0.15) is 5.26 Å². The largest absolute Gasteiger partial charge is 0.491 e. The lowest BCUT2D eigenvalue weighted by atomic mass is 10.1. The molecule has 2 heterocycles. The molecule has 11 heteroatoms. The number of nitriles is 1. The Morgan fingerprint density at radius 1 is 1.22 bits per heavy atom. The van der Waals surface area contributed by atoms with Crippen LogP contribution in [-0.2, 0) is 21.2 Å². The van der Waals surface area contributed by atoms with Crippen molar-refractivity contribution in [2.45, 2.75) is 24.7 Å². The highest BCUT2D eigenvalue weighted by Gasteiger charge is 2.18. The van der Waals surface area contributed by atoms with Crippen molar-refractivity contribution in [3.05, 3.63) is 70.9 Å². The number of fused-ring (bicyclic) bond motifs is 1. The van der Waals surface area contributed by atoms with Crippen molar-refractivity contribution in [2.75, 3.05) is 18.2 Å². The molecule has 2 aromatic carbocycles. The first-order chi connectivity index (χ1) is 17.2. The zero-order chi connectivity index (χ0) is 25.9. The summed E-state index contributed by atoms with van der Waals surface area (Å²) in [6.07, 6.45) is 4.37. The van der Waals surface area contributed by atoms with Gasteiger partial charge < -0.3 is 9.30 Å². The molecule has 0 saturated heterocycles. The van der Waals surface area contributed by atoms with E-state index in [2.05, 4.69) is 21.6 Å². The molecule has 2 aromatic heterocycles. The maximum atomic E-state index is 12.7. The minimum absolute atomic E-state index is 0.00690. The highest BCUT2D eigenvalue weighted by atomic mass is 32.2. The van der Waals surface area contributed by atoms with Crippen LogP contribution in [0.4, 0.5) is 5.13 Å². The van der Waals surface area contributed by atoms with E-state index in [1.54, 1.807) is 0 Å². The second-order valence-electron chi connectivity index (χ2n) is 8.18. The van der Waals surface area contributed by atoms with Gasteiger partial charge in [-0.25, -0.2) is 8.42 Å². The van der Waals surface area contributed by atoms with E-state index in [0.29, 0.717) is 18.7 Å². The van der Waals surface area contributed by atoms with Crippen molar-refractivity contribution < 1.29 is 17.9 Å². The number of aromatic nitrogens is 3. The third-order valence-electron chi connectivity index (χ3n) is 5.35. The van der Waals surface area contributed by atoms with Gasteiger partial charge in [0.2, 0.25) is 19.3 Å². The van der Waals surface area contributed by atoms with Crippen LogP contribution in [0.5, 0.6) is 5.75 Å². The van der Waals surface area contributed by atoms with Crippen LogP contribution in [0.1, 0.15) is 16.7 Å². The number of benzene rings is 2. The van der Waals surface area contributed by atoms with Crippen LogP contribution >= 0.6 is 11.3 Å². The predicted molar refractivity (Wildman–Crippen MR) is 139 cm³/mol. The number of aryl methyl sites for hydroxylation is 2. The van der Waals surface area contributed by atoms with E-state index in [4.69, 9.17) is 4.74 Å². The van der Waals surface area contributed by atoms with Crippen LogP contribution in [0, 0.1) is 25.2 Å². The summed E-state index contributed by atoms with van der Waals surface area (Å²) >= 11 is 0.721. The molecule has 184 valence electrons. The fourth-order valence-corrected chi connectivity index (χ4v) is 5.17. The van der Waals surface area contributed by atoms with E-state index in [1.165, 1.54) is 11.6 Å². The molecule has 0 unspecified atom stereocenters. The summed E-state index contributed by atoms with van der Waals surface area (Å²) in [5.74, 6) is 0.125. The summed E-state index contributed by atoms with van der Waals surface area (Å²) in [4.78, 5) is 12.7. The van der Waals surface area contributed by atoms with E-state index < -0.39 is 15.7 Å². The van der Waals surface area contributed by atoms with Gasteiger partial charge in [0.1, 0.15) is 24.0 Å². The SMILES string of the molecule is Cc1ccc(OCCn2cc(C=C(C#N)C(=O)Nc3nnc(S(C)(=O)=O)s3)c3ccccc32)c(C)c1. The topological polar surface area (TPSA) is 127 Å². The molecule has 0 saturated carbocycles. The lowest BCUT2D eigenvalue weighted by Gasteiger charge is -2.11. The number of anilines is 1. The number of carbonyl (C=O) groups excluding carboxylic acids is 1. The van der Waals surface area contributed by atoms with Crippen molar-refractivity contribution in [3.8, 4) is 11.8 Å². The Morgan fingerprint density at radius 2 is 2.00 bits per heavy atom. The number of hydrogen-bond donors (Lipinski definition) is 1. The fraction of sp³-hybridized carbons (Fsp3) is 0.200. The lowest BCUT2D eigenvalue weighted by Crippen LogP contribution is -2.13. The molecule has 0 spiro atoms. The summed E-state index contributed by atoms with van der Waals surface area (Å²) in [5.41, 5.74) is 3.72. The number of rotatable bonds is 8. The number of para-hydroxylation sites is 1. The van der Waals surface area contributed by atoms with Crippen molar-refractivity contribution in [1.29, 1.82) is 5.26 Å². The number of amides is 1. The number of hydrogen-bond acceptors (Lipinski definition) is 8. The van der Waals surface area contributed by atoms with E-state index >= 15 is 0 Å². The summed E-state index contributed by atoms with van der Waals surface area (Å²) < 4.78 is 31.0. The van der Waals surface area contributed by atoms with Gasteiger partial charge in [-0.3, -0.25) is 10.1 Å². The highest BCUT2D eigenvalue weighted by molar-refractivity contribution is 7.92. The Balaban J connectivity index is 1.55. The molecule has 0 radical (unpaired) electrons. The molecule has 4 aromatic rings. The standard InChI is InChI=1S/C25H23N5O4S2/c1-16-8-9-22(17(2)12-16)34-11-10-30-15-19(20-6-4-5-7-21(20)30)13-18(14-26)23(31)27-24-28-29-25(35-24)36(3,32)33/h4-9,12-13,15H,10-11H2,1-3H3,(H,27,28,31). The summed E-state index contributed by atoms with van der Waals surface area (Å²) in [6, 6.07) is 15.6. The summed E-state index contributed by atoms with van der Waals surface area (Å²) in [6.45, 7) is 5.05. The quantitative estimate of drug-likeness (QED) is 0.210. The molecule has 1 N–H and O–H groups in total. The fourth-order valence-electron chi connectivity index (χ4n) is 3.67. The molecule has 0 aliphatic rings. The third kappa shape index (κ3) is 5.62. The van der Waals surface area contributed by atoms with Gasteiger partial charge in [-0.15, -0.1) is 10.2 Å². The minimum atomic E-state index is -3.54. The normalized spacial score (nSPS) is 11.9. The first kappa shape index (κ1) is 25.1. The van der Waals surface area contributed by atoms with Crippen LogP contribution in [0.3, 0.4) is 0 Å². The zero-order valence-electron chi connectivity index (χ0n) is 19.8. The monoisotopic (exact) mass is 521 g/mol. The smallest absolute Gasteiger partial charge is 0.268 e. The molecule has 0 atom stereocenters. The van der Waals surface area contributed by atoms with Crippen LogP contribution in [-0.4, -0.2) is 42.0 Å². The van der Waals surface area contributed by atoms with Gasteiger partial charge in [0, 0.05) is 28.9 Å². The van der Waals surface area contributed by atoms with Crippen molar-refractivity contribution in [2.24, 2.45) is 0 Å². The van der Waals surface area contributed by atoms with Crippen molar-refractivity contribution in [1.82, 2.24) is 14.8 Å². The molecular weight excluding hydrogens is 498 g/mol. The van der Waals surface area contributed by atoms with Gasteiger partial charge >= 0.3 is 0 Å². The van der Waals surface area contributed by atoms with Gasteiger partial charge in [0.05, 0.1) is 6.54 Å². The van der Waals surface area contributed by atoms with E-state index in [-0.39, 0.29) is 15.0 Å². The Bertz CT molecular complexity index is 1630. The number of nitrogens with one attached hydrogen (secondary N) is 1. The summed E-state index contributed by atoms with van der Waals surface area (Å²) in [5, 5.41) is 20.2. The van der Waals surface area contributed by atoms with E-state index in [9.17, 15) is 18.5 Å². The van der Waals surface area contributed by atoms with Crippen LogP contribution < -0.4 is 10.1 Å². The lowest BCUT2D eigenvalue weighted by molar-refractivity contribution is -0.112. The first-order valence-electron chi connectivity index (χ1n) is 10.9. The molecule has 9 nitrogen and oxygen atoms in total. The second kappa shape index (κ2) is 10.3. The van der Waals surface area contributed by atoms with Crippen molar-refractivity contribution in [3.63, 3.8) is 0 Å². The summed E-state index contributed by atoms with van der Waals surface area (Å²) in [7, 11) is -3.54. The maximum absolute atomic E-state index is 12.7. The average molecular weight is 522 g/mol. The number of nitrogens with zero attached hydrogens (tertiary/aromatic N) is 4. The molecule has 36 heavy (non-hydrogen) atoms. The molecule has 0 aliphatic heterocycles. The van der Waals surface area contributed by atoms with Crippen LogP contribution in [0.15, 0.2) is 58.6 Å². The zero-order valence-corrected chi connectivity index (χ0v) is 21.5. The van der Waals surface area contributed by atoms with Gasteiger partial charge in [-0.1, -0.05) is 47.2 Å². The Kier molecular flexibility index (Phi) is 7.19. The predicted octanol–water partition coefficient (Wildman–Crippen LogP) is 4.14. The molecular formula is C25H23N5O4S2. The first-order valence-corrected chi connectivity index (χ1v) is 13.6. The van der Waals surface area contributed by atoms with Gasteiger partial charge in [0.25, 0.3) is 5.91 Å². The second-order valence-corrected chi connectivity index (χ2v) is 11.3. The van der Waals surface area contributed by atoms with E-state index in [0.717, 1.165) is 39.8 Å². The molecule has 0 aliphatic carbocycles. The molecule has 1 amide bonds. The average Bonchev–Trinajstić information content (AvgIpc) is 3.44. The highest BCUT2D eigenvalue weighted by Crippen LogP contribution is 2.25. The van der Waals surface area contributed by atoms with Crippen LogP contribution in [0.25, 0.3) is 17.0 Å². The van der Waals surface area contributed by atoms with E-state index in [1.807, 2.05) is 67.1 Å². The minimum Gasteiger partial charge on any atom is -0.491 e. The number of carbonyl (C=O) groups is 1. The molecule has 0 fully saturated rings. The number of ether oxygens (including phenoxy) is 1. The third-order valence-corrected chi connectivity index (χ3v) is 7.86. The maximum Gasteiger partial charge on any atom is 0.268 e. The molecule has 0 bridgehead atoms. The van der Waals surface area contributed by atoms with Crippen LogP contribution in [0.2, 0.25) is 0 Å². The van der Waals surface area contributed by atoms with Gasteiger partial charge in [0.15, 0.2) is 0 Å². The van der Waals surface area contributed by atoms with Crippen molar-refractivity contribution >= 4 is 49.2 Å². The molecule has 4 rings (SSSR count). The Hall–Kier alpha value is -4.01. The Labute approximate surface area is 212 Å². The number of sulfone groups is 1.